The molecule has 1 aromatic heterocycles. The summed E-state index contributed by atoms with van der Waals surface area (Å²) in [4.78, 5) is 12.2. The van der Waals surface area contributed by atoms with E-state index in [-0.39, 0.29) is 12.5 Å². The molecule has 0 spiro atoms. The van der Waals surface area contributed by atoms with Crippen LogP contribution in [0.1, 0.15) is 12.5 Å². The Balaban J connectivity index is 1.72. The van der Waals surface area contributed by atoms with Crippen molar-refractivity contribution in [3.63, 3.8) is 0 Å². The highest BCUT2D eigenvalue weighted by Crippen LogP contribution is 2.28. The lowest BCUT2D eigenvalue weighted by molar-refractivity contribution is -0.113. The lowest BCUT2D eigenvalue weighted by Crippen LogP contribution is -2.21. The van der Waals surface area contributed by atoms with Crippen molar-refractivity contribution in [3.8, 4) is 5.75 Å². The van der Waals surface area contributed by atoms with Gasteiger partial charge in [-0.15, -0.1) is 10.2 Å². The van der Waals surface area contributed by atoms with E-state index in [2.05, 4.69) is 15.5 Å². The van der Waals surface area contributed by atoms with Gasteiger partial charge in [0.2, 0.25) is 5.13 Å². The smallest absolute Gasteiger partial charge is 0.256 e. The van der Waals surface area contributed by atoms with Crippen LogP contribution in [0.3, 0.4) is 0 Å². The first kappa shape index (κ1) is 14.1. The molecule has 1 aromatic carbocycles. The molecule has 0 fully saturated rings. The number of hydrogen-bond acceptors (Lipinski definition) is 6. The number of amides is 1. The van der Waals surface area contributed by atoms with Gasteiger partial charge in [0.25, 0.3) is 5.91 Å². The highest BCUT2D eigenvalue weighted by molar-refractivity contribution is 8.01. The molecule has 0 radical (unpaired) electrons. The van der Waals surface area contributed by atoms with Crippen LogP contribution in [-0.2, 0) is 4.79 Å². The number of ether oxygens (including phenoxy) is 1. The van der Waals surface area contributed by atoms with Crippen molar-refractivity contribution in [3.05, 3.63) is 35.4 Å². The molecule has 3 rings (SSSR count). The molecule has 2 heterocycles. The average molecular weight is 319 g/mol. The first-order valence-electron chi connectivity index (χ1n) is 6.46. The summed E-state index contributed by atoms with van der Waals surface area (Å²) in [7, 11) is 0. The number of carbonyl (C=O) groups is 1. The Morgan fingerprint density at radius 2 is 2.29 bits per heavy atom. The molecule has 108 valence electrons. The van der Waals surface area contributed by atoms with Crippen molar-refractivity contribution in [2.45, 2.75) is 11.3 Å². The van der Waals surface area contributed by atoms with Crippen molar-refractivity contribution in [1.29, 1.82) is 0 Å². The van der Waals surface area contributed by atoms with Gasteiger partial charge in [-0.2, -0.15) is 0 Å². The summed E-state index contributed by atoms with van der Waals surface area (Å²) in [6.07, 6.45) is 1.84. The van der Waals surface area contributed by atoms with E-state index in [0.29, 0.717) is 10.7 Å². The van der Waals surface area contributed by atoms with Crippen LogP contribution < -0.4 is 10.1 Å². The van der Waals surface area contributed by atoms with Crippen molar-refractivity contribution >= 4 is 40.2 Å². The largest absolute Gasteiger partial charge is 0.488 e. The maximum Gasteiger partial charge on any atom is 0.256 e. The van der Waals surface area contributed by atoms with Gasteiger partial charge in [0.05, 0.1) is 5.57 Å². The zero-order valence-corrected chi connectivity index (χ0v) is 13.0. The van der Waals surface area contributed by atoms with Crippen LogP contribution in [0.2, 0.25) is 0 Å². The van der Waals surface area contributed by atoms with E-state index in [0.717, 1.165) is 21.4 Å². The summed E-state index contributed by atoms with van der Waals surface area (Å²) >= 11 is 2.98. The number of thioether (sulfide) groups is 1. The minimum absolute atomic E-state index is 0.200. The highest BCUT2D eigenvalue weighted by atomic mass is 32.2. The van der Waals surface area contributed by atoms with Gasteiger partial charge >= 0.3 is 0 Å². The molecule has 21 heavy (non-hydrogen) atoms. The molecule has 5 nitrogen and oxygen atoms in total. The van der Waals surface area contributed by atoms with Crippen molar-refractivity contribution in [1.82, 2.24) is 10.2 Å². The van der Waals surface area contributed by atoms with Gasteiger partial charge in [0.15, 0.2) is 4.34 Å². The lowest BCUT2D eigenvalue weighted by Gasteiger charge is -2.16. The Labute approximate surface area is 130 Å². The molecule has 7 heteroatoms. The molecule has 2 aromatic rings. The third kappa shape index (κ3) is 3.25. The molecule has 0 bridgehead atoms. The number of nitrogens with one attached hydrogen (secondary N) is 1. The number of fused-ring (bicyclic) bond motifs is 1. The first-order valence-corrected chi connectivity index (χ1v) is 8.26. The van der Waals surface area contributed by atoms with E-state index in [4.69, 9.17) is 4.74 Å². The van der Waals surface area contributed by atoms with Gasteiger partial charge in [-0.25, -0.2) is 0 Å². The Morgan fingerprint density at radius 3 is 3.14 bits per heavy atom. The molecule has 0 saturated heterocycles. The topological polar surface area (TPSA) is 64.1 Å². The minimum atomic E-state index is -0.200. The van der Waals surface area contributed by atoms with E-state index >= 15 is 0 Å². The molecular formula is C14H13N3O2S2. The Morgan fingerprint density at radius 1 is 1.43 bits per heavy atom. The van der Waals surface area contributed by atoms with E-state index in [1.807, 2.05) is 37.3 Å². The maximum atomic E-state index is 12.2. The molecule has 1 aliphatic rings. The van der Waals surface area contributed by atoms with Crippen LogP contribution in [0, 0.1) is 0 Å². The molecule has 0 aliphatic carbocycles. The zero-order valence-electron chi connectivity index (χ0n) is 11.3. The Hall–Kier alpha value is -1.86. The molecule has 1 amide bonds. The summed E-state index contributed by atoms with van der Waals surface area (Å²) in [6, 6.07) is 7.63. The molecule has 0 unspecified atom stereocenters. The monoisotopic (exact) mass is 319 g/mol. The van der Waals surface area contributed by atoms with Crippen LogP contribution in [0.15, 0.2) is 34.2 Å². The van der Waals surface area contributed by atoms with E-state index in [9.17, 15) is 4.79 Å². The second-order valence-electron chi connectivity index (χ2n) is 4.26. The number of rotatable bonds is 4. The van der Waals surface area contributed by atoms with E-state index in [1.165, 1.54) is 11.3 Å². The van der Waals surface area contributed by atoms with Crippen LogP contribution in [-0.4, -0.2) is 28.5 Å². The zero-order chi connectivity index (χ0) is 14.7. The Kier molecular flexibility index (Phi) is 4.21. The molecule has 1 N–H and O–H groups in total. The molecule has 0 saturated carbocycles. The van der Waals surface area contributed by atoms with Gasteiger partial charge < -0.3 is 4.74 Å². The number of anilines is 1. The summed E-state index contributed by atoms with van der Waals surface area (Å²) in [5.41, 5.74) is 1.49. The lowest BCUT2D eigenvalue weighted by atomic mass is 10.1. The number of aromatic nitrogens is 2. The van der Waals surface area contributed by atoms with Gasteiger partial charge in [-0.1, -0.05) is 48.2 Å². The third-order valence-corrected chi connectivity index (χ3v) is 4.67. The van der Waals surface area contributed by atoms with Gasteiger partial charge in [0.1, 0.15) is 12.4 Å². The van der Waals surface area contributed by atoms with Crippen LogP contribution in [0.5, 0.6) is 5.75 Å². The predicted octanol–water partition coefficient (Wildman–Crippen LogP) is 3.06. The second-order valence-corrected chi connectivity index (χ2v) is 6.74. The van der Waals surface area contributed by atoms with Gasteiger partial charge in [-0.05, 0) is 17.9 Å². The fourth-order valence-corrected chi connectivity index (χ4v) is 3.51. The number of nitrogens with zero attached hydrogens (tertiary/aromatic N) is 2. The van der Waals surface area contributed by atoms with Crippen LogP contribution in [0.25, 0.3) is 6.08 Å². The maximum absolute atomic E-state index is 12.2. The highest BCUT2D eigenvalue weighted by Gasteiger charge is 2.18. The normalized spacial score (nSPS) is 13.1. The standard InChI is InChI=1S/C14H13N3O2S2/c1-2-20-14-17-16-13(21-14)15-12(18)10-7-9-5-3-4-6-11(9)19-8-10/h3-7H,2,8H2,1H3,(H,15,16,18). The number of benzene rings is 1. The molecule has 1 aliphatic heterocycles. The minimum Gasteiger partial charge on any atom is -0.488 e. The van der Waals surface area contributed by atoms with Crippen molar-refractivity contribution in [2.24, 2.45) is 0 Å². The van der Waals surface area contributed by atoms with Crippen molar-refractivity contribution < 1.29 is 9.53 Å². The van der Waals surface area contributed by atoms with Gasteiger partial charge in [-0.3, -0.25) is 10.1 Å². The first-order chi connectivity index (χ1) is 10.3. The number of carbonyl (C=O) groups excluding carboxylic acids is 1. The quantitative estimate of drug-likeness (QED) is 0.693. The van der Waals surface area contributed by atoms with Crippen LogP contribution in [0.4, 0.5) is 5.13 Å². The second kappa shape index (κ2) is 6.28. The van der Waals surface area contributed by atoms with Crippen molar-refractivity contribution in [2.75, 3.05) is 17.7 Å². The molecular weight excluding hydrogens is 306 g/mol. The summed E-state index contributed by atoms with van der Waals surface area (Å²) in [6.45, 7) is 2.31. The fraction of sp³-hybridized carbons (Fsp3) is 0.214. The Bertz CT molecular complexity index is 697. The van der Waals surface area contributed by atoms with E-state index in [1.54, 1.807) is 11.8 Å². The fourth-order valence-electron chi connectivity index (χ4n) is 1.87. The SMILES string of the molecule is CCSc1nnc(NC(=O)C2=Cc3ccccc3OC2)s1. The third-order valence-electron chi connectivity index (χ3n) is 2.82. The number of para-hydroxylation sites is 1. The van der Waals surface area contributed by atoms with E-state index < -0.39 is 0 Å². The molecule has 0 atom stereocenters. The van der Waals surface area contributed by atoms with Crippen LogP contribution >= 0.6 is 23.1 Å². The number of hydrogen-bond donors (Lipinski definition) is 1. The summed E-state index contributed by atoms with van der Waals surface area (Å²) in [5.74, 6) is 1.53. The summed E-state index contributed by atoms with van der Waals surface area (Å²) in [5, 5.41) is 11.2. The average Bonchev–Trinajstić information content (AvgIpc) is 2.94. The van der Waals surface area contributed by atoms with Gasteiger partial charge in [0, 0.05) is 5.56 Å². The summed E-state index contributed by atoms with van der Waals surface area (Å²) < 4.78 is 6.43. The predicted molar refractivity (Wildman–Crippen MR) is 84.9 cm³/mol.